The van der Waals surface area contributed by atoms with Crippen LogP contribution in [0.4, 0.5) is 15.3 Å². The van der Waals surface area contributed by atoms with Crippen molar-refractivity contribution in [3.8, 4) is 11.1 Å². The van der Waals surface area contributed by atoms with Crippen molar-refractivity contribution in [1.82, 2.24) is 25.3 Å². The first-order valence-electron chi connectivity index (χ1n) is 13.0. The number of hydrogen-bond acceptors (Lipinski definition) is 4. The zero-order valence-corrected chi connectivity index (χ0v) is 21.6. The molecule has 1 saturated heterocycles. The largest absolute Gasteiger partial charge is 0.371 e. The minimum absolute atomic E-state index is 0.0805. The molecule has 0 radical (unpaired) electrons. The summed E-state index contributed by atoms with van der Waals surface area (Å²) in [6.45, 7) is 13.5. The van der Waals surface area contributed by atoms with Crippen molar-refractivity contribution in [3.05, 3.63) is 36.2 Å². The number of benzene rings is 1. The molecule has 0 bridgehead atoms. The van der Waals surface area contributed by atoms with Gasteiger partial charge in [0.05, 0.1) is 6.20 Å². The molecule has 0 spiro atoms. The normalized spacial score (nSPS) is 16.2. The molecule has 8 heteroatoms. The second kappa shape index (κ2) is 11.1. The number of nitrogens with one attached hydrogen (secondary N) is 2. The zero-order valence-electron chi connectivity index (χ0n) is 21.6. The lowest BCUT2D eigenvalue weighted by molar-refractivity contribution is 0.170. The molecule has 2 aliphatic rings. The molecule has 2 N–H and O–H groups in total. The second-order valence-electron chi connectivity index (χ2n) is 10.8. The van der Waals surface area contributed by atoms with E-state index in [2.05, 4.69) is 66.5 Å². The van der Waals surface area contributed by atoms with E-state index in [0.29, 0.717) is 24.3 Å². The quantitative estimate of drug-likeness (QED) is 0.622. The number of anilines is 1. The third-order valence-electron chi connectivity index (χ3n) is 6.90. The highest BCUT2D eigenvalue weighted by atomic mass is 16.2. The molecule has 3 amide bonds. The van der Waals surface area contributed by atoms with Crippen molar-refractivity contribution in [3.63, 3.8) is 0 Å². The minimum atomic E-state index is -0.194. The van der Waals surface area contributed by atoms with E-state index in [9.17, 15) is 9.59 Å². The number of rotatable bonds is 7. The average Bonchev–Trinajstić information content (AvgIpc) is 3.49. The van der Waals surface area contributed by atoms with Gasteiger partial charge in [0.15, 0.2) is 0 Å². The summed E-state index contributed by atoms with van der Waals surface area (Å²) in [7, 11) is 0. The monoisotopic (exact) mass is 480 g/mol. The maximum absolute atomic E-state index is 12.3. The fraction of sp³-hybridized carbons (Fsp3) is 0.593. The maximum Gasteiger partial charge on any atom is 0.342 e. The van der Waals surface area contributed by atoms with Crippen molar-refractivity contribution in [2.45, 2.75) is 47.0 Å². The molecule has 0 saturated carbocycles. The predicted octanol–water partition coefficient (Wildman–Crippen LogP) is 4.20. The van der Waals surface area contributed by atoms with Gasteiger partial charge in [0.2, 0.25) is 0 Å². The summed E-state index contributed by atoms with van der Waals surface area (Å²) in [5.74, 6) is 1.48. The topological polar surface area (TPSA) is 82.5 Å². The first-order valence-corrected chi connectivity index (χ1v) is 13.0. The SMILES string of the molecule is CC(C)CNC(=O)N1CCC(CN2CCc3cc(-c4cnn(C(=O)NCC(C)C)c4)ccc32)CC1. The summed E-state index contributed by atoms with van der Waals surface area (Å²) >= 11 is 0. The van der Waals surface area contributed by atoms with Crippen LogP contribution in [0.1, 0.15) is 46.1 Å². The van der Waals surface area contributed by atoms with Gasteiger partial charge < -0.3 is 20.4 Å². The van der Waals surface area contributed by atoms with Crippen LogP contribution in [-0.2, 0) is 6.42 Å². The fourth-order valence-corrected chi connectivity index (χ4v) is 4.83. The highest BCUT2D eigenvalue weighted by molar-refractivity contribution is 5.78. The van der Waals surface area contributed by atoms with Crippen LogP contribution in [0, 0.1) is 17.8 Å². The van der Waals surface area contributed by atoms with Crippen LogP contribution in [0.3, 0.4) is 0 Å². The van der Waals surface area contributed by atoms with Gasteiger partial charge in [-0.05, 0) is 60.3 Å². The molecule has 0 atom stereocenters. The highest BCUT2D eigenvalue weighted by Crippen LogP contribution is 2.33. The molecule has 0 aliphatic carbocycles. The Bertz CT molecular complexity index is 1020. The number of fused-ring (bicyclic) bond motifs is 1. The van der Waals surface area contributed by atoms with Gasteiger partial charge in [-0.15, -0.1) is 0 Å². The van der Waals surface area contributed by atoms with Crippen LogP contribution in [0.2, 0.25) is 0 Å². The number of piperidine rings is 1. The number of urea groups is 1. The number of likely N-dealkylation sites (tertiary alicyclic amines) is 1. The molecule has 1 fully saturated rings. The van der Waals surface area contributed by atoms with E-state index in [0.717, 1.165) is 63.1 Å². The average molecular weight is 481 g/mol. The van der Waals surface area contributed by atoms with Crippen LogP contribution in [0.5, 0.6) is 0 Å². The minimum Gasteiger partial charge on any atom is -0.371 e. The van der Waals surface area contributed by atoms with Crippen LogP contribution < -0.4 is 15.5 Å². The molecule has 0 unspecified atom stereocenters. The first-order chi connectivity index (χ1) is 16.8. The van der Waals surface area contributed by atoms with Crippen molar-refractivity contribution in [2.75, 3.05) is 44.2 Å². The number of amides is 3. The Morgan fingerprint density at radius 3 is 2.34 bits per heavy atom. The Morgan fingerprint density at radius 1 is 0.971 bits per heavy atom. The van der Waals surface area contributed by atoms with Gasteiger partial charge in [-0.1, -0.05) is 33.8 Å². The van der Waals surface area contributed by atoms with E-state index in [-0.39, 0.29) is 12.1 Å². The van der Waals surface area contributed by atoms with E-state index < -0.39 is 0 Å². The van der Waals surface area contributed by atoms with Gasteiger partial charge in [-0.25, -0.2) is 9.59 Å². The summed E-state index contributed by atoms with van der Waals surface area (Å²) in [6.07, 6.45) is 6.69. The molecule has 2 aromatic rings. The highest BCUT2D eigenvalue weighted by Gasteiger charge is 2.27. The zero-order chi connectivity index (χ0) is 24.9. The lowest BCUT2D eigenvalue weighted by Gasteiger charge is -2.34. The summed E-state index contributed by atoms with van der Waals surface area (Å²) < 4.78 is 1.38. The Labute approximate surface area is 209 Å². The van der Waals surface area contributed by atoms with Gasteiger partial charge >= 0.3 is 12.1 Å². The molecule has 8 nitrogen and oxygen atoms in total. The molecule has 1 aromatic carbocycles. The molecule has 4 rings (SSSR count). The molecule has 190 valence electrons. The lowest BCUT2D eigenvalue weighted by Crippen LogP contribution is -2.46. The van der Waals surface area contributed by atoms with Crippen LogP contribution >= 0.6 is 0 Å². The van der Waals surface area contributed by atoms with Gasteiger partial charge in [-0.2, -0.15) is 9.78 Å². The van der Waals surface area contributed by atoms with Crippen LogP contribution in [0.15, 0.2) is 30.6 Å². The van der Waals surface area contributed by atoms with E-state index in [1.165, 1.54) is 15.9 Å². The second-order valence-corrected chi connectivity index (χ2v) is 10.8. The smallest absolute Gasteiger partial charge is 0.342 e. The van der Waals surface area contributed by atoms with Crippen LogP contribution in [0.25, 0.3) is 11.1 Å². The Balaban J connectivity index is 1.31. The first kappa shape index (κ1) is 25.1. The predicted molar refractivity (Wildman–Crippen MR) is 140 cm³/mol. The van der Waals surface area contributed by atoms with Gasteiger partial charge in [0.1, 0.15) is 0 Å². The number of carbonyl (C=O) groups excluding carboxylic acids is 2. The van der Waals surface area contributed by atoms with Gasteiger partial charge in [0.25, 0.3) is 0 Å². The molecule has 2 aliphatic heterocycles. The summed E-state index contributed by atoms with van der Waals surface area (Å²) in [6, 6.07) is 6.47. The molecular formula is C27H40N6O2. The molecular weight excluding hydrogens is 440 g/mol. The Morgan fingerprint density at radius 2 is 1.66 bits per heavy atom. The molecule has 35 heavy (non-hydrogen) atoms. The number of nitrogens with zero attached hydrogens (tertiary/aromatic N) is 4. The maximum atomic E-state index is 12.3. The third-order valence-corrected chi connectivity index (χ3v) is 6.90. The van der Waals surface area contributed by atoms with Gasteiger partial charge in [-0.3, -0.25) is 0 Å². The summed E-state index contributed by atoms with van der Waals surface area (Å²) in [5, 5.41) is 10.2. The molecule has 1 aromatic heterocycles. The van der Waals surface area contributed by atoms with Crippen molar-refractivity contribution < 1.29 is 9.59 Å². The van der Waals surface area contributed by atoms with Crippen molar-refractivity contribution >= 4 is 17.7 Å². The van der Waals surface area contributed by atoms with Crippen molar-refractivity contribution in [2.24, 2.45) is 17.8 Å². The van der Waals surface area contributed by atoms with E-state index >= 15 is 0 Å². The van der Waals surface area contributed by atoms with E-state index in [4.69, 9.17) is 0 Å². The molecule has 3 heterocycles. The third kappa shape index (κ3) is 6.35. The summed E-state index contributed by atoms with van der Waals surface area (Å²) in [4.78, 5) is 29.1. The summed E-state index contributed by atoms with van der Waals surface area (Å²) in [5.41, 5.74) is 4.71. The fourth-order valence-electron chi connectivity index (χ4n) is 4.83. The Hall–Kier alpha value is -3.03. The van der Waals surface area contributed by atoms with Gasteiger partial charge in [0, 0.05) is 56.7 Å². The lowest BCUT2D eigenvalue weighted by atomic mass is 9.96. The van der Waals surface area contributed by atoms with Crippen molar-refractivity contribution in [1.29, 1.82) is 0 Å². The van der Waals surface area contributed by atoms with E-state index in [1.54, 1.807) is 12.4 Å². The number of hydrogen-bond donors (Lipinski definition) is 2. The van der Waals surface area contributed by atoms with Crippen LogP contribution in [-0.4, -0.2) is 66.0 Å². The Kier molecular flexibility index (Phi) is 7.98. The number of carbonyl (C=O) groups is 2. The number of aromatic nitrogens is 2. The standard InChI is InChI=1S/C27H40N6O2/c1-19(2)14-28-26(34)31-10-7-21(8-11-31)17-32-12-9-23-13-22(5-6-25(23)32)24-16-30-33(18-24)27(35)29-15-20(3)4/h5-6,13,16,18-21H,7-12,14-15,17H2,1-4H3,(H,28,34)(H,29,35). The van der Waals surface area contributed by atoms with E-state index in [1.807, 2.05) is 4.90 Å².